The van der Waals surface area contributed by atoms with Crippen LogP contribution in [-0.4, -0.2) is 43.8 Å². The summed E-state index contributed by atoms with van der Waals surface area (Å²) >= 11 is 0. The van der Waals surface area contributed by atoms with Crippen molar-refractivity contribution < 1.29 is 4.79 Å². The molecular weight excluding hydrogens is 326 g/mol. The van der Waals surface area contributed by atoms with Gasteiger partial charge in [0.1, 0.15) is 5.82 Å². The number of piperidine rings is 1. The van der Waals surface area contributed by atoms with Gasteiger partial charge in [-0.25, -0.2) is 4.98 Å². The normalized spacial score (nSPS) is 15.5. The van der Waals surface area contributed by atoms with Gasteiger partial charge in [-0.3, -0.25) is 14.8 Å². The van der Waals surface area contributed by atoms with E-state index in [0.29, 0.717) is 18.8 Å². The summed E-state index contributed by atoms with van der Waals surface area (Å²) < 4.78 is 0. The van der Waals surface area contributed by atoms with E-state index in [1.807, 2.05) is 42.3 Å². The molecule has 1 fully saturated rings. The molecule has 1 N–H and O–H groups in total. The Hall–Kier alpha value is -2.76. The molecule has 134 valence electrons. The maximum Gasteiger partial charge on any atom is 0.223 e. The van der Waals surface area contributed by atoms with Gasteiger partial charge in [0.2, 0.25) is 5.91 Å². The zero-order valence-corrected chi connectivity index (χ0v) is 15.0. The van der Waals surface area contributed by atoms with E-state index in [1.54, 1.807) is 6.20 Å². The second-order valence-electron chi connectivity index (χ2n) is 6.94. The number of aryl methyl sites for hydroxylation is 2. The Morgan fingerprint density at radius 1 is 1.19 bits per heavy atom. The molecule has 26 heavy (non-hydrogen) atoms. The van der Waals surface area contributed by atoms with Crippen molar-refractivity contribution in [3.63, 3.8) is 0 Å². The summed E-state index contributed by atoms with van der Waals surface area (Å²) in [4.78, 5) is 31.2. The SMILES string of the molecule is Cc1cncc(C2CCN(C(=O)CCc3nc4ccccc4[nH]3)CC2)n1. The van der Waals surface area contributed by atoms with E-state index in [9.17, 15) is 4.79 Å². The third-order valence-corrected chi connectivity index (χ3v) is 5.05. The van der Waals surface area contributed by atoms with Crippen molar-refractivity contribution in [3.8, 4) is 0 Å². The van der Waals surface area contributed by atoms with Crippen molar-refractivity contribution in [1.82, 2.24) is 24.8 Å². The van der Waals surface area contributed by atoms with E-state index >= 15 is 0 Å². The van der Waals surface area contributed by atoms with Crippen molar-refractivity contribution in [2.45, 2.75) is 38.5 Å². The minimum atomic E-state index is 0.208. The Labute approximate surface area is 152 Å². The van der Waals surface area contributed by atoms with Gasteiger partial charge in [-0.15, -0.1) is 0 Å². The monoisotopic (exact) mass is 349 g/mol. The molecule has 3 heterocycles. The van der Waals surface area contributed by atoms with Crippen LogP contribution in [0, 0.1) is 6.92 Å². The minimum absolute atomic E-state index is 0.208. The number of rotatable bonds is 4. The molecule has 1 aliphatic rings. The Morgan fingerprint density at radius 3 is 2.77 bits per heavy atom. The Balaban J connectivity index is 1.30. The first-order valence-electron chi connectivity index (χ1n) is 9.19. The summed E-state index contributed by atoms with van der Waals surface area (Å²) in [7, 11) is 0. The van der Waals surface area contributed by atoms with Gasteiger partial charge in [-0.2, -0.15) is 0 Å². The van der Waals surface area contributed by atoms with E-state index < -0.39 is 0 Å². The number of para-hydroxylation sites is 2. The molecule has 6 heteroatoms. The Morgan fingerprint density at radius 2 is 2.00 bits per heavy atom. The summed E-state index contributed by atoms with van der Waals surface area (Å²) in [5.74, 6) is 1.49. The van der Waals surface area contributed by atoms with Crippen LogP contribution in [0.1, 0.15) is 42.4 Å². The first-order chi connectivity index (χ1) is 12.7. The molecule has 0 aliphatic carbocycles. The number of carbonyl (C=O) groups is 1. The lowest BCUT2D eigenvalue weighted by Crippen LogP contribution is -2.38. The Bertz CT molecular complexity index is 878. The zero-order chi connectivity index (χ0) is 17.9. The standard InChI is InChI=1S/C20H23N5O/c1-14-12-21-13-18(22-14)15-8-10-25(11-9-15)20(26)7-6-19-23-16-4-2-3-5-17(16)24-19/h2-5,12-13,15H,6-11H2,1H3,(H,23,24). The molecule has 0 unspecified atom stereocenters. The molecular formula is C20H23N5O. The largest absolute Gasteiger partial charge is 0.343 e. The van der Waals surface area contributed by atoms with Crippen LogP contribution < -0.4 is 0 Å². The lowest BCUT2D eigenvalue weighted by molar-refractivity contribution is -0.132. The number of aromatic amines is 1. The van der Waals surface area contributed by atoms with Crippen LogP contribution in [-0.2, 0) is 11.2 Å². The predicted molar refractivity (Wildman–Crippen MR) is 99.7 cm³/mol. The number of likely N-dealkylation sites (tertiary alicyclic amines) is 1. The second kappa shape index (κ2) is 7.23. The van der Waals surface area contributed by atoms with Crippen molar-refractivity contribution in [3.05, 3.63) is 53.9 Å². The van der Waals surface area contributed by atoms with Crippen molar-refractivity contribution >= 4 is 16.9 Å². The number of H-pyrrole nitrogens is 1. The smallest absolute Gasteiger partial charge is 0.223 e. The highest BCUT2D eigenvalue weighted by atomic mass is 16.2. The highest BCUT2D eigenvalue weighted by molar-refractivity contribution is 5.77. The topological polar surface area (TPSA) is 74.8 Å². The number of carbonyl (C=O) groups excluding carboxylic acids is 1. The number of fused-ring (bicyclic) bond motifs is 1. The van der Waals surface area contributed by atoms with Gasteiger partial charge in [0.15, 0.2) is 0 Å². The molecule has 0 saturated carbocycles. The molecule has 0 bridgehead atoms. The molecule has 0 radical (unpaired) electrons. The Kier molecular flexibility index (Phi) is 4.65. The highest BCUT2D eigenvalue weighted by Crippen LogP contribution is 2.26. The first kappa shape index (κ1) is 16.7. The number of aromatic nitrogens is 4. The molecule has 6 nitrogen and oxygen atoms in total. The third-order valence-electron chi connectivity index (χ3n) is 5.05. The third kappa shape index (κ3) is 3.59. The molecule has 2 aromatic heterocycles. The van der Waals surface area contributed by atoms with Crippen molar-refractivity contribution in [1.29, 1.82) is 0 Å². The fourth-order valence-corrected chi connectivity index (χ4v) is 3.61. The molecule has 4 rings (SSSR count). The number of nitrogens with zero attached hydrogens (tertiary/aromatic N) is 4. The lowest BCUT2D eigenvalue weighted by Gasteiger charge is -2.31. The van der Waals surface area contributed by atoms with E-state index in [0.717, 1.165) is 54.2 Å². The molecule has 1 saturated heterocycles. The number of benzene rings is 1. The van der Waals surface area contributed by atoms with Crippen LogP contribution in [0.3, 0.4) is 0 Å². The molecule has 1 amide bonds. The fourth-order valence-electron chi connectivity index (χ4n) is 3.61. The van der Waals surface area contributed by atoms with Crippen LogP contribution in [0.2, 0.25) is 0 Å². The quantitative estimate of drug-likeness (QED) is 0.786. The summed E-state index contributed by atoms with van der Waals surface area (Å²) in [5.41, 5.74) is 3.98. The summed E-state index contributed by atoms with van der Waals surface area (Å²) in [6.07, 6.45) is 6.69. The first-order valence-corrected chi connectivity index (χ1v) is 9.19. The molecule has 0 spiro atoms. The van der Waals surface area contributed by atoms with Gasteiger partial charge >= 0.3 is 0 Å². The van der Waals surface area contributed by atoms with Gasteiger partial charge in [-0.05, 0) is 31.9 Å². The summed E-state index contributed by atoms with van der Waals surface area (Å²) in [5, 5.41) is 0. The van der Waals surface area contributed by atoms with Crippen molar-refractivity contribution in [2.24, 2.45) is 0 Å². The van der Waals surface area contributed by atoms with Crippen molar-refractivity contribution in [2.75, 3.05) is 13.1 Å². The van der Waals surface area contributed by atoms with Crippen LogP contribution in [0.4, 0.5) is 0 Å². The number of nitrogens with one attached hydrogen (secondary N) is 1. The van der Waals surface area contributed by atoms with Crippen LogP contribution in [0.5, 0.6) is 0 Å². The number of imidazole rings is 1. The van der Waals surface area contributed by atoms with E-state index in [4.69, 9.17) is 0 Å². The summed E-state index contributed by atoms with van der Waals surface area (Å²) in [6.45, 7) is 3.55. The maximum absolute atomic E-state index is 12.5. The van der Waals surface area contributed by atoms with Crippen LogP contribution in [0.15, 0.2) is 36.7 Å². The average molecular weight is 349 g/mol. The number of hydrogen-bond acceptors (Lipinski definition) is 4. The van der Waals surface area contributed by atoms with E-state index in [1.165, 1.54) is 0 Å². The minimum Gasteiger partial charge on any atom is -0.343 e. The molecule has 1 aromatic carbocycles. The molecule has 0 atom stereocenters. The highest BCUT2D eigenvalue weighted by Gasteiger charge is 2.24. The summed E-state index contributed by atoms with van der Waals surface area (Å²) in [6, 6.07) is 7.95. The molecule has 1 aliphatic heterocycles. The maximum atomic E-state index is 12.5. The zero-order valence-electron chi connectivity index (χ0n) is 15.0. The van der Waals surface area contributed by atoms with E-state index in [2.05, 4.69) is 19.9 Å². The molecule has 3 aromatic rings. The van der Waals surface area contributed by atoms with Gasteiger partial charge in [0, 0.05) is 44.2 Å². The van der Waals surface area contributed by atoms with Crippen LogP contribution in [0.25, 0.3) is 11.0 Å². The van der Waals surface area contributed by atoms with Gasteiger partial charge in [0.25, 0.3) is 0 Å². The average Bonchev–Trinajstić information content (AvgIpc) is 3.09. The van der Waals surface area contributed by atoms with Crippen LogP contribution >= 0.6 is 0 Å². The number of hydrogen-bond donors (Lipinski definition) is 1. The fraction of sp³-hybridized carbons (Fsp3) is 0.400. The lowest BCUT2D eigenvalue weighted by atomic mass is 9.93. The predicted octanol–water partition coefficient (Wildman–Crippen LogP) is 3.00. The van der Waals surface area contributed by atoms with E-state index in [-0.39, 0.29) is 5.91 Å². The second-order valence-corrected chi connectivity index (χ2v) is 6.94. The van der Waals surface area contributed by atoms with Gasteiger partial charge in [-0.1, -0.05) is 12.1 Å². The van der Waals surface area contributed by atoms with Gasteiger partial charge < -0.3 is 9.88 Å². The van der Waals surface area contributed by atoms with Gasteiger partial charge in [0.05, 0.1) is 22.4 Å². The number of amides is 1.